The van der Waals surface area contributed by atoms with Crippen molar-refractivity contribution in [2.75, 3.05) is 14.1 Å². The molecule has 18 heavy (non-hydrogen) atoms. The van der Waals surface area contributed by atoms with Crippen LogP contribution in [0.15, 0.2) is 0 Å². The van der Waals surface area contributed by atoms with Crippen LogP contribution in [0.25, 0.3) is 0 Å². The molecule has 0 aromatic heterocycles. The van der Waals surface area contributed by atoms with Crippen molar-refractivity contribution < 1.29 is 0 Å². The SMILES string of the molecule is CCC(C)CC(C)C(C)(C(C)C)C(CC)N(C)C. The molecule has 0 rings (SSSR count). The maximum Gasteiger partial charge on any atom is 0.0145 e. The van der Waals surface area contributed by atoms with Crippen molar-refractivity contribution in [2.24, 2.45) is 23.2 Å². The molecule has 0 spiro atoms. The highest BCUT2D eigenvalue weighted by Gasteiger charge is 2.42. The van der Waals surface area contributed by atoms with Crippen LogP contribution in [0, 0.1) is 23.2 Å². The fraction of sp³-hybridized carbons (Fsp3) is 1.00. The van der Waals surface area contributed by atoms with E-state index in [1.165, 1.54) is 19.3 Å². The first kappa shape index (κ1) is 18.0. The molecular formula is C17H37N. The Kier molecular flexibility index (Phi) is 7.51. The molecule has 4 atom stereocenters. The molecule has 0 N–H and O–H groups in total. The Labute approximate surface area is 116 Å². The molecule has 110 valence electrons. The van der Waals surface area contributed by atoms with E-state index in [0.29, 0.717) is 11.5 Å². The van der Waals surface area contributed by atoms with Crippen molar-refractivity contribution in [3.05, 3.63) is 0 Å². The van der Waals surface area contributed by atoms with Gasteiger partial charge in [-0.05, 0) is 50.1 Å². The molecule has 0 radical (unpaired) electrons. The number of nitrogens with zero attached hydrogens (tertiary/aromatic N) is 1. The van der Waals surface area contributed by atoms with Gasteiger partial charge in [-0.2, -0.15) is 0 Å². The number of hydrogen-bond acceptors (Lipinski definition) is 1. The van der Waals surface area contributed by atoms with Crippen LogP contribution in [0.5, 0.6) is 0 Å². The molecule has 1 nitrogen and oxygen atoms in total. The van der Waals surface area contributed by atoms with Gasteiger partial charge in [0.15, 0.2) is 0 Å². The summed E-state index contributed by atoms with van der Waals surface area (Å²) < 4.78 is 0. The van der Waals surface area contributed by atoms with Crippen molar-refractivity contribution in [1.29, 1.82) is 0 Å². The van der Waals surface area contributed by atoms with E-state index in [9.17, 15) is 0 Å². The number of rotatable bonds is 8. The Hall–Kier alpha value is -0.0400. The lowest BCUT2D eigenvalue weighted by Crippen LogP contribution is -2.49. The van der Waals surface area contributed by atoms with Gasteiger partial charge in [-0.15, -0.1) is 0 Å². The van der Waals surface area contributed by atoms with Gasteiger partial charge >= 0.3 is 0 Å². The van der Waals surface area contributed by atoms with E-state index in [4.69, 9.17) is 0 Å². The highest BCUT2D eigenvalue weighted by molar-refractivity contribution is 4.93. The third-order valence-corrected chi connectivity index (χ3v) is 5.49. The molecule has 0 amide bonds. The molecule has 0 aromatic rings. The van der Waals surface area contributed by atoms with Crippen LogP contribution in [0.2, 0.25) is 0 Å². The highest BCUT2D eigenvalue weighted by Crippen LogP contribution is 2.44. The summed E-state index contributed by atoms with van der Waals surface area (Å²) in [6.07, 6.45) is 3.90. The summed E-state index contributed by atoms with van der Waals surface area (Å²) in [4.78, 5) is 2.44. The number of hydrogen-bond donors (Lipinski definition) is 0. The molecule has 0 saturated carbocycles. The molecule has 0 aliphatic carbocycles. The van der Waals surface area contributed by atoms with Crippen molar-refractivity contribution in [3.63, 3.8) is 0 Å². The predicted octanol–water partition coefficient (Wildman–Crippen LogP) is 5.06. The Morgan fingerprint density at radius 1 is 0.944 bits per heavy atom. The predicted molar refractivity (Wildman–Crippen MR) is 83.9 cm³/mol. The fourth-order valence-electron chi connectivity index (χ4n) is 3.67. The summed E-state index contributed by atoms with van der Waals surface area (Å²) in [5.74, 6) is 2.35. The summed E-state index contributed by atoms with van der Waals surface area (Å²) >= 11 is 0. The van der Waals surface area contributed by atoms with Gasteiger partial charge in [-0.25, -0.2) is 0 Å². The Morgan fingerprint density at radius 3 is 1.72 bits per heavy atom. The zero-order chi connectivity index (χ0) is 14.5. The Bertz CT molecular complexity index is 222. The van der Waals surface area contributed by atoms with Crippen LogP contribution in [0.4, 0.5) is 0 Å². The summed E-state index contributed by atoms with van der Waals surface area (Å²) in [5, 5.41) is 0. The third kappa shape index (κ3) is 3.98. The van der Waals surface area contributed by atoms with Crippen LogP contribution in [-0.4, -0.2) is 25.0 Å². The average Bonchev–Trinajstić information content (AvgIpc) is 2.28. The van der Waals surface area contributed by atoms with Crippen LogP contribution < -0.4 is 0 Å². The molecule has 0 aliphatic rings. The minimum atomic E-state index is 0.404. The van der Waals surface area contributed by atoms with Gasteiger partial charge in [-0.1, -0.05) is 54.9 Å². The monoisotopic (exact) mass is 255 g/mol. The Morgan fingerprint density at radius 2 is 1.44 bits per heavy atom. The minimum absolute atomic E-state index is 0.404. The van der Waals surface area contributed by atoms with Gasteiger partial charge in [-0.3, -0.25) is 0 Å². The van der Waals surface area contributed by atoms with Gasteiger partial charge in [0.05, 0.1) is 0 Å². The maximum atomic E-state index is 2.51. The van der Waals surface area contributed by atoms with Crippen molar-refractivity contribution in [2.45, 2.75) is 73.8 Å². The quantitative estimate of drug-likeness (QED) is 0.586. The van der Waals surface area contributed by atoms with Crippen LogP contribution >= 0.6 is 0 Å². The van der Waals surface area contributed by atoms with E-state index in [0.717, 1.165) is 17.8 Å². The van der Waals surface area contributed by atoms with E-state index in [1.54, 1.807) is 0 Å². The van der Waals surface area contributed by atoms with Crippen LogP contribution in [0.1, 0.15) is 67.7 Å². The second kappa shape index (κ2) is 7.53. The maximum absolute atomic E-state index is 2.51. The van der Waals surface area contributed by atoms with Gasteiger partial charge in [0.2, 0.25) is 0 Å². The molecule has 0 bridgehead atoms. The van der Waals surface area contributed by atoms with Crippen LogP contribution in [0.3, 0.4) is 0 Å². The normalized spacial score (nSPS) is 20.8. The van der Waals surface area contributed by atoms with E-state index >= 15 is 0 Å². The molecule has 0 aliphatic heterocycles. The first-order valence-electron chi connectivity index (χ1n) is 7.88. The first-order valence-corrected chi connectivity index (χ1v) is 7.88. The summed E-state index contributed by atoms with van der Waals surface area (Å²) in [6, 6.07) is 0.677. The van der Waals surface area contributed by atoms with Gasteiger partial charge < -0.3 is 4.90 Å². The molecular weight excluding hydrogens is 218 g/mol. The molecule has 4 unspecified atom stereocenters. The van der Waals surface area contributed by atoms with Gasteiger partial charge in [0.25, 0.3) is 0 Å². The fourth-order valence-corrected chi connectivity index (χ4v) is 3.67. The van der Waals surface area contributed by atoms with E-state index in [1.807, 2.05) is 0 Å². The van der Waals surface area contributed by atoms with Crippen molar-refractivity contribution >= 4 is 0 Å². The Balaban J connectivity index is 5.11. The molecule has 0 saturated heterocycles. The second-order valence-electron chi connectivity index (χ2n) is 7.06. The van der Waals surface area contributed by atoms with Gasteiger partial charge in [0, 0.05) is 6.04 Å². The molecule has 0 heterocycles. The van der Waals surface area contributed by atoms with E-state index < -0.39 is 0 Å². The zero-order valence-electron chi connectivity index (χ0n) is 14.4. The molecule has 1 heteroatoms. The van der Waals surface area contributed by atoms with Crippen LogP contribution in [-0.2, 0) is 0 Å². The minimum Gasteiger partial charge on any atom is -0.306 e. The standard InChI is InChI=1S/C17H37N/c1-10-14(5)12-15(6)17(7,13(3)4)16(11-2)18(8)9/h13-16H,10-12H2,1-9H3. The third-order valence-electron chi connectivity index (χ3n) is 5.49. The topological polar surface area (TPSA) is 3.24 Å². The van der Waals surface area contributed by atoms with Crippen molar-refractivity contribution in [3.8, 4) is 0 Å². The largest absolute Gasteiger partial charge is 0.306 e. The smallest absolute Gasteiger partial charge is 0.0145 e. The summed E-state index contributed by atoms with van der Waals surface area (Å²) in [6.45, 7) is 16.8. The van der Waals surface area contributed by atoms with E-state index in [2.05, 4.69) is 67.5 Å². The molecule has 0 aromatic carbocycles. The lowest BCUT2D eigenvalue weighted by Gasteiger charge is -2.49. The summed E-state index contributed by atoms with van der Waals surface area (Å²) in [5.41, 5.74) is 0.404. The lowest BCUT2D eigenvalue weighted by atomic mass is 9.62. The summed E-state index contributed by atoms with van der Waals surface area (Å²) in [7, 11) is 4.48. The van der Waals surface area contributed by atoms with E-state index in [-0.39, 0.29) is 0 Å². The highest BCUT2D eigenvalue weighted by atomic mass is 15.1. The average molecular weight is 255 g/mol. The van der Waals surface area contributed by atoms with Crippen molar-refractivity contribution in [1.82, 2.24) is 4.90 Å². The first-order chi connectivity index (χ1) is 8.21. The van der Waals surface area contributed by atoms with Gasteiger partial charge in [0.1, 0.15) is 0 Å². The lowest BCUT2D eigenvalue weighted by molar-refractivity contribution is 0.00583. The molecule has 0 fully saturated rings. The zero-order valence-corrected chi connectivity index (χ0v) is 14.4. The second-order valence-corrected chi connectivity index (χ2v) is 7.06.